The molecule has 0 aromatic rings. The van der Waals surface area contributed by atoms with E-state index in [0.29, 0.717) is 0 Å². The van der Waals surface area contributed by atoms with Crippen molar-refractivity contribution in [2.24, 2.45) is 0 Å². The maximum atomic E-state index is 9.08. The predicted molar refractivity (Wildman–Crippen MR) is 35.5 cm³/mol. The van der Waals surface area contributed by atoms with Gasteiger partial charge in [-0.2, -0.15) is 0 Å². The monoisotopic (exact) mass is 110 g/mol. The summed E-state index contributed by atoms with van der Waals surface area (Å²) >= 11 is 0. The molecule has 0 rings (SSSR count). The van der Waals surface area contributed by atoms with E-state index in [2.05, 4.69) is 19.7 Å². The van der Waals surface area contributed by atoms with Gasteiger partial charge in [-0.05, 0) is 0 Å². The molecule has 44 valence electrons. The highest BCUT2D eigenvalue weighted by atomic mass is 16.3. The van der Waals surface area contributed by atoms with Gasteiger partial charge < -0.3 is 5.11 Å². The van der Waals surface area contributed by atoms with Crippen LogP contribution in [0.4, 0.5) is 0 Å². The van der Waals surface area contributed by atoms with E-state index >= 15 is 0 Å². The molecule has 0 heterocycles. The highest BCUT2D eigenvalue weighted by molar-refractivity contribution is 5.17. The van der Waals surface area contributed by atoms with E-state index in [9.17, 15) is 0 Å². The largest absolute Gasteiger partial charge is 0.378 e. The fourth-order valence-electron chi connectivity index (χ4n) is 0.250. The van der Waals surface area contributed by atoms with Crippen molar-refractivity contribution in [3.63, 3.8) is 0 Å². The zero-order valence-corrected chi connectivity index (χ0v) is 4.80. The Bertz CT molecular complexity index is 91.8. The number of aliphatic hydroxyl groups is 1. The van der Waals surface area contributed by atoms with Crippen LogP contribution in [0.25, 0.3) is 0 Å². The molecule has 0 spiro atoms. The molecule has 0 aliphatic rings. The minimum atomic E-state index is -1.08. The van der Waals surface area contributed by atoms with Crippen molar-refractivity contribution in [2.75, 3.05) is 0 Å². The summed E-state index contributed by atoms with van der Waals surface area (Å²) in [5.41, 5.74) is -1.08. The summed E-state index contributed by atoms with van der Waals surface area (Å²) in [7, 11) is 0. The minimum absolute atomic E-state index is 1.08. The van der Waals surface area contributed by atoms with Crippen LogP contribution in [0.3, 0.4) is 0 Å². The molecule has 0 saturated heterocycles. The Hall–Kier alpha value is -0.820. The van der Waals surface area contributed by atoms with Crippen LogP contribution < -0.4 is 0 Å². The normalized spacial score (nSPS) is 10.1. The quantitative estimate of drug-likeness (QED) is 0.542. The van der Waals surface area contributed by atoms with E-state index in [-0.39, 0.29) is 0 Å². The molecule has 0 amide bonds. The molecule has 0 aliphatic heterocycles. The van der Waals surface area contributed by atoms with Gasteiger partial charge in [0.15, 0.2) is 0 Å². The summed E-state index contributed by atoms with van der Waals surface area (Å²) in [6, 6.07) is 0. The SMILES string of the molecule is C=CC(O)(C=C)C=C. The van der Waals surface area contributed by atoms with Gasteiger partial charge in [-0.3, -0.25) is 0 Å². The van der Waals surface area contributed by atoms with Crippen molar-refractivity contribution in [1.82, 2.24) is 0 Å². The molecule has 0 aromatic heterocycles. The van der Waals surface area contributed by atoms with Crippen molar-refractivity contribution in [2.45, 2.75) is 5.60 Å². The average molecular weight is 110 g/mol. The zero-order valence-electron chi connectivity index (χ0n) is 4.80. The first-order valence-corrected chi connectivity index (χ1v) is 2.31. The zero-order chi connectivity index (χ0) is 6.62. The molecule has 1 nitrogen and oxygen atoms in total. The van der Waals surface area contributed by atoms with Crippen LogP contribution in [0.15, 0.2) is 38.0 Å². The van der Waals surface area contributed by atoms with Crippen molar-refractivity contribution < 1.29 is 5.11 Å². The number of hydrogen-bond donors (Lipinski definition) is 1. The predicted octanol–water partition coefficient (Wildman–Crippen LogP) is 1.28. The van der Waals surface area contributed by atoms with E-state index in [4.69, 9.17) is 5.11 Å². The summed E-state index contributed by atoms with van der Waals surface area (Å²) in [4.78, 5) is 0. The molecule has 8 heavy (non-hydrogen) atoms. The molecule has 0 bridgehead atoms. The van der Waals surface area contributed by atoms with E-state index < -0.39 is 5.60 Å². The Morgan fingerprint density at radius 3 is 1.25 bits per heavy atom. The van der Waals surface area contributed by atoms with Gasteiger partial charge in [-0.1, -0.05) is 38.0 Å². The van der Waals surface area contributed by atoms with E-state index in [1.165, 1.54) is 18.2 Å². The molecule has 1 heteroatoms. The second-order valence-electron chi connectivity index (χ2n) is 1.50. The molecule has 0 unspecified atom stereocenters. The fourth-order valence-corrected chi connectivity index (χ4v) is 0.250. The van der Waals surface area contributed by atoms with Crippen LogP contribution in [0.2, 0.25) is 0 Å². The summed E-state index contributed by atoms with van der Waals surface area (Å²) in [6.45, 7) is 10.1. The van der Waals surface area contributed by atoms with Crippen LogP contribution >= 0.6 is 0 Å². The minimum Gasteiger partial charge on any atom is -0.378 e. The average Bonchev–Trinajstić information content (AvgIpc) is 1.87. The second-order valence-corrected chi connectivity index (χ2v) is 1.50. The first kappa shape index (κ1) is 7.18. The molecule has 0 atom stereocenters. The van der Waals surface area contributed by atoms with Crippen molar-refractivity contribution >= 4 is 0 Å². The third kappa shape index (κ3) is 1.35. The Kier molecular flexibility index (Phi) is 2.22. The summed E-state index contributed by atoms with van der Waals surface area (Å²) < 4.78 is 0. The molecular weight excluding hydrogens is 100 g/mol. The highest BCUT2D eigenvalue weighted by Crippen LogP contribution is 2.06. The fraction of sp³-hybridized carbons (Fsp3) is 0.143. The summed E-state index contributed by atoms with van der Waals surface area (Å²) in [5, 5.41) is 9.08. The van der Waals surface area contributed by atoms with Crippen LogP contribution in [0, 0.1) is 0 Å². The van der Waals surface area contributed by atoms with Crippen LogP contribution in [-0.2, 0) is 0 Å². The maximum Gasteiger partial charge on any atom is 0.119 e. The lowest BCUT2D eigenvalue weighted by Gasteiger charge is -2.11. The Labute approximate surface area is 49.7 Å². The first-order valence-electron chi connectivity index (χ1n) is 2.31. The maximum absolute atomic E-state index is 9.08. The summed E-state index contributed by atoms with van der Waals surface area (Å²) in [5.74, 6) is 0. The van der Waals surface area contributed by atoms with E-state index in [1.54, 1.807) is 0 Å². The highest BCUT2D eigenvalue weighted by Gasteiger charge is 2.09. The van der Waals surface area contributed by atoms with Crippen LogP contribution in [0.5, 0.6) is 0 Å². The van der Waals surface area contributed by atoms with Gasteiger partial charge in [-0.25, -0.2) is 0 Å². The number of hydrogen-bond acceptors (Lipinski definition) is 1. The lowest BCUT2D eigenvalue weighted by atomic mass is 10.1. The molecule has 0 radical (unpaired) electrons. The lowest BCUT2D eigenvalue weighted by Crippen LogP contribution is -2.16. The van der Waals surface area contributed by atoms with Gasteiger partial charge in [0.05, 0.1) is 0 Å². The topological polar surface area (TPSA) is 20.2 Å². The Morgan fingerprint density at radius 2 is 1.25 bits per heavy atom. The Balaban J connectivity index is 4.18. The second kappa shape index (κ2) is 2.48. The van der Waals surface area contributed by atoms with Gasteiger partial charge in [0.25, 0.3) is 0 Å². The molecule has 0 saturated carbocycles. The van der Waals surface area contributed by atoms with E-state index in [0.717, 1.165) is 0 Å². The summed E-state index contributed by atoms with van der Waals surface area (Å²) in [6.07, 6.45) is 4.10. The van der Waals surface area contributed by atoms with Gasteiger partial charge >= 0.3 is 0 Å². The number of rotatable bonds is 3. The third-order valence-electron chi connectivity index (χ3n) is 0.981. The lowest BCUT2D eigenvalue weighted by molar-refractivity contribution is 0.195. The molecule has 0 aliphatic carbocycles. The van der Waals surface area contributed by atoms with Gasteiger partial charge in [0, 0.05) is 0 Å². The molecule has 0 aromatic carbocycles. The Morgan fingerprint density at radius 1 is 1.00 bits per heavy atom. The van der Waals surface area contributed by atoms with Gasteiger partial charge in [0.2, 0.25) is 0 Å². The van der Waals surface area contributed by atoms with Crippen molar-refractivity contribution in [1.29, 1.82) is 0 Å². The van der Waals surface area contributed by atoms with Gasteiger partial charge in [-0.15, -0.1) is 0 Å². The first-order chi connectivity index (χ1) is 3.68. The molecular formula is C7H10O. The molecule has 0 fully saturated rings. The molecule has 1 N–H and O–H groups in total. The van der Waals surface area contributed by atoms with Crippen molar-refractivity contribution in [3.8, 4) is 0 Å². The van der Waals surface area contributed by atoms with Crippen LogP contribution in [0.1, 0.15) is 0 Å². The standard InChI is InChI=1S/C7H10O/c1-4-7(8,5-2)6-3/h4-6,8H,1-3H2. The smallest absolute Gasteiger partial charge is 0.119 e. The van der Waals surface area contributed by atoms with Crippen molar-refractivity contribution in [3.05, 3.63) is 38.0 Å². The van der Waals surface area contributed by atoms with E-state index in [1.807, 2.05) is 0 Å². The third-order valence-corrected chi connectivity index (χ3v) is 0.981. The van der Waals surface area contributed by atoms with Gasteiger partial charge in [0.1, 0.15) is 5.60 Å². The van der Waals surface area contributed by atoms with Crippen LogP contribution in [-0.4, -0.2) is 10.7 Å².